The molecule has 4 rings (SSSR count). The normalized spacial score (nSPS) is 10.4. The molecule has 0 aliphatic rings. The third-order valence-electron chi connectivity index (χ3n) is 4.85. The lowest BCUT2D eigenvalue weighted by atomic mass is 10.1. The van der Waals surface area contributed by atoms with Gasteiger partial charge in [0.25, 0.3) is 5.91 Å². The maximum Gasteiger partial charge on any atom is 0.255 e. The van der Waals surface area contributed by atoms with Gasteiger partial charge in [0.1, 0.15) is 19.0 Å². The van der Waals surface area contributed by atoms with Crippen LogP contribution in [0.15, 0.2) is 91.4 Å². The monoisotopic (exact) mass is 455 g/mol. The molecule has 1 amide bonds. The Morgan fingerprint density at radius 2 is 1.71 bits per heavy atom. The number of hydrogen-bond acceptors (Lipinski definition) is 6. The first kappa shape index (κ1) is 22.8. The summed E-state index contributed by atoms with van der Waals surface area (Å²) in [4.78, 5) is 21.1. The second-order valence-electron chi connectivity index (χ2n) is 7.33. The average molecular weight is 456 g/mol. The van der Waals surface area contributed by atoms with E-state index in [-0.39, 0.29) is 5.91 Å². The summed E-state index contributed by atoms with van der Waals surface area (Å²) < 4.78 is 17.4. The van der Waals surface area contributed by atoms with Crippen molar-refractivity contribution < 1.29 is 19.0 Å². The third kappa shape index (κ3) is 6.32. The van der Waals surface area contributed by atoms with Gasteiger partial charge in [0.15, 0.2) is 11.5 Å². The second-order valence-corrected chi connectivity index (χ2v) is 7.33. The van der Waals surface area contributed by atoms with Gasteiger partial charge in [-0.2, -0.15) is 0 Å². The Bertz CT molecular complexity index is 1220. The smallest absolute Gasteiger partial charge is 0.255 e. The molecule has 0 aliphatic carbocycles. The van der Waals surface area contributed by atoms with Gasteiger partial charge in [-0.25, -0.2) is 0 Å². The van der Waals surface area contributed by atoms with E-state index in [4.69, 9.17) is 14.2 Å². The number of aromatic nitrogens is 2. The summed E-state index contributed by atoms with van der Waals surface area (Å²) in [6.07, 6.45) is 5.16. The molecular weight excluding hydrogens is 430 g/mol. The van der Waals surface area contributed by atoms with Crippen molar-refractivity contribution in [3.05, 3.63) is 108 Å². The SMILES string of the molecule is CCOc1cc(C(=O)Nc2cccc(OCc3ccccn3)c2)ccc1OCc1ccncc1. The fourth-order valence-corrected chi connectivity index (χ4v) is 3.18. The van der Waals surface area contributed by atoms with E-state index in [0.29, 0.717) is 48.3 Å². The molecule has 0 unspecified atom stereocenters. The van der Waals surface area contributed by atoms with Crippen LogP contribution in [0.5, 0.6) is 17.2 Å². The first-order valence-electron chi connectivity index (χ1n) is 10.9. The zero-order valence-electron chi connectivity index (χ0n) is 18.8. The first-order valence-corrected chi connectivity index (χ1v) is 10.9. The molecule has 0 aliphatic heterocycles. The van der Waals surface area contributed by atoms with Crippen LogP contribution in [0.4, 0.5) is 5.69 Å². The van der Waals surface area contributed by atoms with Crippen molar-refractivity contribution in [3.8, 4) is 17.2 Å². The van der Waals surface area contributed by atoms with Crippen LogP contribution in [0.25, 0.3) is 0 Å². The highest BCUT2D eigenvalue weighted by Gasteiger charge is 2.13. The first-order chi connectivity index (χ1) is 16.7. The maximum absolute atomic E-state index is 12.9. The minimum absolute atomic E-state index is 0.261. The standard InChI is InChI=1S/C27H25N3O4/c1-2-32-26-16-21(9-10-25(26)34-18-20-11-14-28-15-12-20)27(31)30-22-7-5-8-24(17-22)33-19-23-6-3-4-13-29-23/h3-17H,2,18-19H2,1H3,(H,30,31). The molecule has 2 aromatic carbocycles. The molecular formula is C27H25N3O4. The van der Waals surface area contributed by atoms with Crippen molar-refractivity contribution in [1.29, 1.82) is 0 Å². The van der Waals surface area contributed by atoms with E-state index in [1.54, 1.807) is 48.9 Å². The topological polar surface area (TPSA) is 82.6 Å². The van der Waals surface area contributed by atoms with Crippen LogP contribution in [0.3, 0.4) is 0 Å². The van der Waals surface area contributed by atoms with E-state index in [1.807, 2.05) is 49.4 Å². The van der Waals surface area contributed by atoms with Crippen molar-refractivity contribution in [2.45, 2.75) is 20.1 Å². The van der Waals surface area contributed by atoms with Crippen molar-refractivity contribution in [2.75, 3.05) is 11.9 Å². The highest BCUT2D eigenvalue weighted by Crippen LogP contribution is 2.30. The van der Waals surface area contributed by atoms with Gasteiger partial charge in [0.2, 0.25) is 0 Å². The zero-order valence-corrected chi connectivity index (χ0v) is 18.8. The second kappa shape index (κ2) is 11.5. The number of benzene rings is 2. The lowest BCUT2D eigenvalue weighted by molar-refractivity contribution is 0.102. The van der Waals surface area contributed by atoms with Gasteiger partial charge in [-0.3, -0.25) is 14.8 Å². The summed E-state index contributed by atoms with van der Waals surface area (Å²) in [5.74, 6) is 1.46. The Morgan fingerprint density at radius 1 is 0.824 bits per heavy atom. The van der Waals surface area contributed by atoms with E-state index < -0.39 is 0 Å². The molecule has 0 bridgehead atoms. The Balaban J connectivity index is 1.41. The van der Waals surface area contributed by atoms with Gasteiger partial charge in [0, 0.05) is 35.9 Å². The van der Waals surface area contributed by atoms with Crippen molar-refractivity contribution in [1.82, 2.24) is 9.97 Å². The Hall–Kier alpha value is -4.39. The molecule has 2 heterocycles. The third-order valence-corrected chi connectivity index (χ3v) is 4.85. The summed E-state index contributed by atoms with van der Waals surface area (Å²) in [5, 5.41) is 2.91. The van der Waals surface area contributed by atoms with Crippen LogP contribution in [0, 0.1) is 0 Å². The lowest BCUT2D eigenvalue weighted by Gasteiger charge is -2.14. The van der Waals surface area contributed by atoms with Crippen LogP contribution in [0.2, 0.25) is 0 Å². The molecule has 1 N–H and O–H groups in total. The van der Waals surface area contributed by atoms with Crippen LogP contribution in [-0.2, 0) is 13.2 Å². The molecule has 0 fully saturated rings. The largest absolute Gasteiger partial charge is 0.490 e. The number of rotatable bonds is 10. The fraction of sp³-hybridized carbons (Fsp3) is 0.148. The number of carbonyl (C=O) groups excluding carboxylic acids is 1. The molecule has 0 saturated carbocycles. The molecule has 172 valence electrons. The Labute approximate surface area is 198 Å². The van der Waals surface area contributed by atoms with Crippen LogP contribution in [0.1, 0.15) is 28.5 Å². The summed E-state index contributed by atoms with van der Waals surface area (Å²) in [5.41, 5.74) is 2.90. The predicted molar refractivity (Wildman–Crippen MR) is 129 cm³/mol. The van der Waals surface area contributed by atoms with Crippen LogP contribution < -0.4 is 19.5 Å². The number of nitrogens with one attached hydrogen (secondary N) is 1. The fourth-order valence-electron chi connectivity index (χ4n) is 3.18. The van der Waals surface area contributed by atoms with E-state index in [1.165, 1.54) is 0 Å². The van der Waals surface area contributed by atoms with Crippen molar-refractivity contribution in [3.63, 3.8) is 0 Å². The number of amides is 1. The number of ether oxygens (including phenoxy) is 3. The van der Waals surface area contributed by atoms with Gasteiger partial charge < -0.3 is 19.5 Å². The number of nitrogens with zero attached hydrogens (tertiary/aromatic N) is 2. The van der Waals surface area contributed by atoms with Crippen molar-refractivity contribution >= 4 is 11.6 Å². The number of carbonyl (C=O) groups is 1. The molecule has 7 nitrogen and oxygen atoms in total. The van der Waals surface area contributed by atoms with E-state index in [2.05, 4.69) is 15.3 Å². The number of hydrogen-bond donors (Lipinski definition) is 1. The number of pyridine rings is 2. The van der Waals surface area contributed by atoms with E-state index >= 15 is 0 Å². The maximum atomic E-state index is 12.9. The van der Waals surface area contributed by atoms with Gasteiger partial charge in [-0.1, -0.05) is 12.1 Å². The van der Waals surface area contributed by atoms with Crippen LogP contribution in [-0.4, -0.2) is 22.5 Å². The molecule has 7 heteroatoms. The molecule has 2 aromatic heterocycles. The van der Waals surface area contributed by atoms with Crippen molar-refractivity contribution in [2.24, 2.45) is 0 Å². The highest BCUT2D eigenvalue weighted by atomic mass is 16.5. The molecule has 0 atom stereocenters. The predicted octanol–water partition coefficient (Wildman–Crippen LogP) is 5.29. The summed E-state index contributed by atoms with van der Waals surface area (Å²) in [6, 6.07) is 21.8. The summed E-state index contributed by atoms with van der Waals surface area (Å²) >= 11 is 0. The summed E-state index contributed by atoms with van der Waals surface area (Å²) in [6.45, 7) is 3.05. The quantitative estimate of drug-likeness (QED) is 0.350. The molecule has 0 spiro atoms. The van der Waals surface area contributed by atoms with Gasteiger partial charge in [0.05, 0.1) is 12.3 Å². The zero-order chi connectivity index (χ0) is 23.6. The average Bonchev–Trinajstić information content (AvgIpc) is 2.88. The van der Waals surface area contributed by atoms with Crippen LogP contribution >= 0.6 is 0 Å². The highest BCUT2D eigenvalue weighted by molar-refractivity contribution is 6.04. The molecule has 4 aromatic rings. The molecule has 0 saturated heterocycles. The van der Waals surface area contributed by atoms with E-state index in [9.17, 15) is 4.79 Å². The van der Waals surface area contributed by atoms with Gasteiger partial charge in [-0.15, -0.1) is 0 Å². The minimum Gasteiger partial charge on any atom is -0.490 e. The number of anilines is 1. The molecule has 0 radical (unpaired) electrons. The van der Waals surface area contributed by atoms with Gasteiger partial charge >= 0.3 is 0 Å². The molecule has 34 heavy (non-hydrogen) atoms. The Kier molecular flexibility index (Phi) is 7.69. The van der Waals surface area contributed by atoms with Gasteiger partial charge in [-0.05, 0) is 67.1 Å². The lowest BCUT2D eigenvalue weighted by Crippen LogP contribution is -2.12. The van der Waals surface area contributed by atoms with E-state index in [0.717, 1.165) is 11.3 Å². The Morgan fingerprint density at radius 3 is 2.50 bits per heavy atom. The minimum atomic E-state index is -0.261. The summed E-state index contributed by atoms with van der Waals surface area (Å²) in [7, 11) is 0.